The van der Waals surface area contributed by atoms with Crippen molar-refractivity contribution in [3.63, 3.8) is 0 Å². The minimum atomic E-state index is -0.108. The number of aromatic nitrogens is 5. The van der Waals surface area contributed by atoms with E-state index in [4.69, 9.17) is 4.42 Å². The summed E-state index contributed by atoms with van der Waals surface area (Å²) in [5.41, 5.74) is 5.00. The molecule has 184 valence electrons. The standard InChI is InChI=1S/C28H30N6O2/c1-4-26(27-30-31-32-34(27)18-24-6-5-13-36-24)33(16-21-10-7-19(2)8-11-21)17-23-15-22-14-20(3)9-12-25(22)29-28(23)35/h5-15,26H,4,16-18H2,1-3H3,(H,29,35). The van der Waals surface area contributed by atoms with Gasteiger partial charge in [0.15, 0.2) is 5.82 Å². The number of pyridine rings is 1. The number of benzene rings is 2. The summed E-state index contributed by atoms with van der Waals surface area (Å²) in [6.07, 6.45) is 2.42. The van der Waals surface area contributed by atoms with Gasteiger partial charge in [-0.25, -0.2) is 4.68 Å². The summed E-state index contributed by atoms with van der Waals surface area (Å²) in [5.74, 6) is 1.53. The lowest BCUT2D eigenvalue weighted by Crippen LogP contribution is -2.32. The van der Waals surface area contributed by atoms with Gasteiger partial charge in [-0.2, -0.15) is 0 Å². The van der Waals surface area contributed by atoms with E-state index in [9.17, 15) is 4.79 Å². The summed E-state index contributed by atoms with van der Waals surface area (Å²) in [6.45, 7) is 7.80. The SMILES string of the molecule is CCC(c1nnnn1Cc1ccco1)N(Cc1ccc(C)cc1)Cc1cc2cc(C)ccc2[nH]c1=O. The average molecular weight is 483 g/mol. The number of aryl methyl sites for hydroxylation is 2. The largest absolute Gasteiger partial charge is 0.467 e. The second-order valence-electron chi connectivity index (χ2n) is 9.30. The third-order valence-electron chi connectivity index (χ3n) is 6.53. The second kappa shape index (κ2) is 10.3. The fourth-order valence-corrected chi connectivity index (χ4v) is 4.63. The van der Waals surface area contributed by atoms with Crippen LogP contribution in [-0.2, 0) is 19.6 Å². The molecule has 3 heterocycles. The first-order chi connectivity index (χ1) is 17.5. The molecule has 5 aromatic rings. The van der Waals surface area contributed by atoms with Crippen molar-refractivity contribution in [2.45, 2.75) is 52.9 Å². The van der Waals surface area contributed by atoms with Gasteiger partial charge < -0.3 is 9.40 Å². The third-order valence-corrected chi connectivity index (χ3v) is 6.53. The number of aromatic amines is 1. The number of hydrogen-bond donors (Lipinski definition) is 1. The molecule has 0 aliphatic heterocycles. The van der Waals surface area contributed by atoms with Crippen molar-refractivity contribution >= 4 is 10.9 Å². The van der Waals surface area contributed by atoms with Crippen LogP contribution in [0.1, 0.15) is 53.2 Å². The first kappa shape index (κ1) is 23.7. The summed E-state index contributed by atoms with van der Waals surface area (Å²) in [4.78, 5) is 18.4. The van der Waals surface area contributed by atoms with E-state index in [2.05, 4.69) is 76.5 Å². The smallest absolute Gasteiger partial charge is 0.252 e. The molecule has 0 radical (unpaired) electrons. The van der Waals surface area contributed by atoms with Crippen molar-refractivity contribution in [3.05, 3.63) is 111 Å². The highest BCUT2D eigenvalue weighted by Crippen LogP contribution is 2.27. The van der Waals surface area contributed by atoms with Gasteiger partial charge in [0.05, 0.1) is 12.3 Å². The molecule has 1 atom stereocenters. The van der Waals surface area contributed by atoms with Crippen LogP contribution in [0.4, 0.5) is 0 Å². The lowest BCUT2D eigenvalue weighted by atomic mass is 10.1. The zero-order chi connectivity index (χ0) is 25.1. The number of hydrogen-bond acceptors (Lipinski definition) is 6. The van der Waals surface area contributed by atoms with Crippen LogP contribution in [-0.4, -0.2) is 30.1 Å². The molecule has 8 nitrogen and oxygen atoms in total. The molecular formula is C28H30N6O2. The highest BCUT2D eigenvalue weighted by molar-refractivity contribution is 5.79. The summed E-state index contributed by atoms with van der Waals surface area (Å²) in [7, 11) is 0. The quantitative estimate of drug-likeness (QED) is 0.320. The zero-order valence-corrected chi connectivity index (χ0v) is 20.8. The minimum absolute atomic E-state index is 0.0784. The van der Waals surface area contributed by atoms with Gasteiger partial charge in [-0.3, -0.25) is 9.69 Å². The van der Waals surface area contributed by atoms with E-state index >= 15 is 0 Å². The van der Waals surface area contributed by atoms with Crippen LogP contribution in [0, 0.1) is 13.8 Å². The molecule has 0 aliphatic rings. The molecule has 0 aliphatic carbocycles. The number of nitrogens with one attached hydrogen (secondary N) is 1. The van der Waals surface area contributed by atoms with Crippen LogP contribution >= 0.6 is 0 Å². The first-order valence-corrected chi connectivity index (χ1v) is 12.2. The Balaban J connectivity index is 1.52. The maximum Gasteiger partial charge on any atom is 0.252 e. The Kier molecular flexibility index (Phi) is 6.77. The van der Waals surface area contributed by atoms with Gasteiger partial charge in [-0.05, 0) is 72.0 Å². The van der Waals surface area contributed by atoms with Gasteiger partial charge in [0.1, 0.15) is 12.3 Å². The molecule has 36 heavy (non-hydrogen) atoms. The van der Waals surface area contributed by atoms with Crippen LogP contribution in [0.25, 0.3) is 10.9 Å². The highest BCUT2D eigenvalue weighted by Gasteiger charge is 2.26. The maximum atomic E-state index is 13.1. The average Bonchev–Trinajstić information content (AvgIpc) is 3.55. The van der Waals surface area contributed by atoms with Crippen molar-refractivity contribution in [1.82, 2.24) is 30.1 Å². The number of tetrazole rings is 1. The Morgan fingerprint density at radius 1 is 1.03 bits per heavy atom. The predicted octanol–water partition coefficient (Wildman–Crippen LogP) is 4.93. The van der Waals surface area contributed by atoms with E-state index < -0.39 is 0 Å². The van der Waals surface area contributed by atoms with Crippen molar-refractivity contribution < 1.29 is 4.42 Å². The van der Waals surface area contributed by atoms with Crippen LogP contribution < -0.4 is 5.56 Å². The Morgan fingerprint density at radius 3 is 2.58 bits per heavy atom. The summed E-state index contributed by atoms with van der Waals surface area (Å²) < 4.78 is 7.31. The van der Waals surface area contributed by atoms with E-state index in [0.717, 1.165) is 40.0 Å². The predicted molar refractivity (Wildman–Crippen MR) is 138 cm³/mol. The van der Waals surface area contributed by atoms with E-state index in [1.165, 1.54) is 5.56 Å². The molecule has 0 saturated heterocycles. The molecule has 0 amide bonds. The molecule has 5 rings (SSSR count). The molecule has 0 fully saturated rings. The summed E-state index contributed by atoms with van der Waals surface area (Å²) in [6, 6.07) is 20.2. The van der Waals surface area contributed by atoms with E-state index in [1.54, 1.807) is 10.9 Å². The Labute approximate surface area is 209 Å². The molecule has 0 spiro atoms. The Bertz CT molecular complexity index is 1500. The molecule has 3 aromatic heterocycles. The molecule has 1 N–H and O–H groups in total. The first-order valence-electron chi connectivity index (χ1n) is 12.2. The Hall–Kier alpha value is -4.04. The van der Waals surface area contributed by atoms with Crippen molar-refractivity contribution in [1.29, 1.82) is 0 Å². The normalized spacial score (nSPS) is 12.4. The van der Waals surface area contributed by atoms with Crippen molar-refractivity contribution in [3.8, 4) is 0 Å². The van der Waals surface area contributed by atoms with Crippen LogP contribution in [0.15, 0.2) is 76.1 Å². The van der Waals surface area contributed by atoms with Gasteiger partial charge in [0, 0.05) is 24.2 Å². The topological polar surface area (TPSA) is 92.8 Å². The van der Waals surface area contributed by atoms with E-state index in [1.807, 2.05) is 30.3 Å². The molecule has 0 bridgehead atoms. The summed E-state index contributed by atoms with van der Waals surface area (Å²) >= 11 is 0. The molecular weight excluding hydrogens is 452 g/mol. The Morgan fingerprint density at radius 2 is 1.83 bits per heavy atom. The van der Waals surface area contributed by atoms with Gasteiger partial charge in [0.2, 0.25) is 0 Å². The van der Waals surface area contributed by atoms with Crippen molar-refractivity contribution in [2.75, 3.05) is 0 Å². The fraction of sp³-hybridized carbons (Fsp3) is 0.286. The van der Waals surface area contributed by atoms with Crippen LogP contribution in [0.5, 0.6) is 0 Å². The zero-order valence-electron chi connectivity index (χ0n) is 20.8. The molecule has 1 unspecified atom stereocenters. The monoisotopic (exact) mass is 482 g/mol. The number of rotatable bonds is 9. The van der Waals surface area contributed by atoms with Gasteiger partial charge in [0.25, 0.3) is 5.56 Å². The summed E-state index contributed by atoms with van der Waals surface area (Å²) in [5, 5.41) is 13.6. The van der Waals surface area contributed by atoms with E-state index in [0.29, 0.717) is 25.2 Å². The van der Waals surface area contributed by atoms with Crippen LogP contribution in [0.3, 0.4) is 0 Å². The second-order valence-corrected chi connectivity index (χ2v) is 9.30. The molecule has 2 aromatic carbocycles. The van der Waals surface area contributed by atoms with Gasteiger partial charge in [-0.15, -0.1) is 5.10 Å². The minimum Gasteiger partial charge on any atom is -0.467 e. The lowest BCUT2D eigenvalue weighted by Gasteiger charge is -2.30. The number of nitrogens with zero attached hydrogens (tertiary/aromatic N) is 5. The fourth-order valence-electron chi connectivity index (χ4n) is 4.63. The van der Waals surface area contributed by atoms with Gasteiger partial charge >= 0.3 is 0 Å². The molecule has 0 saturated carbocycles. The molecule has 8 heteroatoms. The van der Waals surface area contributed by atoms with Crippen molar-refractivity contribution in [2.24, 2.45) is 0 Å². The number of H-pyrrole nitrogens is 1. The lowest BCUT2D eigenvalue weighted by molar-refractivity contribution is 0.161. The highest BCUT2D eigenvalue weighted by atomic mass is 16.3. The van der Waals surface area contributed by atoms with E-state index in [-0.39, 0.29) is 11.6 Å². The van der Waals surface area contributed by atoms with Gasteiger partial charge in [-0.1, -0.05) is 48.4 Å². The number of fused-ring (bicyclic) bond motifs is 1. The maximum absolute atomic E-state index is 13.1. The third kappa shape index (κ3) is 5.13. The van der Waals surface area contributed by atoms with Crippen LogP contribution in [0.2, 0.25) is 0 Å². The number of furan rings is 1.